The molecule has 7 heteroatoms. The monoisotopic (exact) mass is 404 g/mol. The lowest BCUT2D eigenvalue weighted by Gasteiger charge is -2.16. The fourth-order valence-corrected chi connectivity index (χ4v) is 4.64. The van der Waals surface area contributed by atoms with Crippen molar-refractivity contribution < 1.29 is 13.2 Å². The molecule has 1 amide bonds. The number of rotatable bonds is 5. The third-order valence-corrected chi connectivity index (χ3v) is 6.56. The van der Waals surface area contributed by atoms with Crippen LogP contribution in [0, 0.1) is 0 Å². The number of carbonyl (C=O) groups is 1. The average molecular weight is 405 g/mol. The number of hydrogen-bond donors (Lipinski definition) is 1. The Kier molecular flexibility index (Phi) is 5.87. The molecule has 0 radical (unpaired) electrons. The quantitative estimate of drug-likeness (QED) is 0.771. The van der Waals surface area contributed by atoms with Gasteiger partial charge in [-0.15, -0.1) is 0 Å². The van der Waals surface area contributed by atoms with Crippen molar-refractivity contribution in [2.75, 3.05) is 16.6 Å². The predicted molar refractivity (Wildman–Crippen MR) is 109 cm³/mol. The molecule has 1 saturated heterocycles. The van der Waals surface area contributed by atoms with Crippen LogP contribution >= 0.6 is 11.6 Å². The summed E-state index contributed by atoms with van der Waals surface area (Å²) in [5.41, 5.74) is 2.45. The maximum Gasteiger partial charge on any atom is 0.244 e. The fourth-order valence-electron chi connectivity index (χ4n) is 2.95. The minimum absolute atomic E-state index is 0.137. The van der Waals surface area contributed by atoms with Crippen LogP contribution in [-0.2, 0) is 14.8 Å². The molecule has 0 aliphatic carbocycles. The summed E-state index contributed by atoms with van der Waals surface area (Å²) in [5.74, 6) is -0.00989. The van der Waals surface area contributed by atoms with E-state index in [-0.39, 0.29) is 17.7 Å². The number of hydrogen-bond acceptors (Lipinski definition) is 3. The van der Waals surface area contributed by atoms with Gasteiger partial charge in [0, 0.05) is 17.6 Å². The molecule has 1 aliphatic rings. The first-order chi connectivity index (χ1) is 12.8. The number of nitrogens with one attached hydrogen (secondary N) is 1. The SMILES string of the molecule is CC(NC(=O)/C=C/c1ccc(N2CCCS2(=O)=O)cc1)c1ccc(Cl)cc1. The highest BCUT2D eigenvalue weighted by Crippen LogP contribution is 2.24. The maximum atomic E-state index is 12.1. The van der Waals surface area contributed by atoms with E-state index in [4.69, 9.17) is 11.6 Å². The molecular weight excluding hydrogens is 384 g/mol. The Hall–Kier alpha value is -2.31. The van der Waals surface area contributed by atoms with Crippen LogP contribution in [0.3, 0.4) is 0 Å². The molecule has 27 heavy (non-hydrogen) atoms. The first-order valence-corrected chi connectivity index (χ1v) is 10.7. The summed E-state index contributed by atoms with van der Waals surface area (Å²) in [6, 6.07) is 14.3. The van der Waals surface area contributed by atoms with Crippen LogP contribution in [0.15, 0.2) is 54.6 Å². The number of carbonyl (C=O) groups excluding carboxylic acids is 1. The molecule has 5 nitrogen and oxygen atoms in total. The highest BCUT2D eigenvalue weighted by Gasteiger charge is 2.28. The van der Waals surface area contributed by atoms with Crippen molar-refractivity contribution >= 4 is 39.3 Å². The van der Waals surface area contributed by atoms with E-state index in [1.165, 1.54) is 10.4 Å². The van der Waals surface area contributed by atoms with Gasteiger partial charge in [-0.2, -0.15) is 0 Å². The molecule has 1 N–H and O–H groups in total. The topological polar surface area (TPSA) is 66.5 Å². The summed E-state index contributed by atoms with van der Waals surface area (Å²) < 4.78 is 25.3. The zero-order valence-electron chi connectivity index (χ0n) is 14.9. The van der Waals surface area contributed by atoms with Crippen LogP contribution in [0.2, 0.25) is 5.02 Å². The van der Waals surface area contributed by atoms with Gasteiger partial charge in [0.25, 0.3) is 0 Å². The van der Waals surface area contributed by atoms with Crippen molar-refractivity contribution in [3.8, 4) is 0 Å². The third-order valence-electron chi connectivity index (χ3n) is 4.44. The van der Waals surface area contributed by atoms with Crippen LogP contribution in [0.4, 0.5) is 5.69 Å². The largest absolute Gasteiger partial charge is 0.346 e. The van der Waals surface area contributed by atoms with Gasteiger partial charge in [-0.25, -0.2) is 8.42 Å². The van der Waals surface area contributed by atoms with E-state index in [0.29, 0.717) is 23.7 Å². The van der Waals surface area contributed by atoms with Gasteiger partial charge in [-0.05, 0) is 54.8 Å². The fraction of sp³-hybridized carbons (Fsp3) is 0.250. The Balaban J connectivity index is 1.60. The number of sulfonamides is 1. The Morgan fingerprint density at radius 1 is 1.15 bits per heavy atom. The summed E-state index contributed by atoms with van der Waals surface area (Å²) >= 11 is 5.87. The Labute approximate surface area is 164 Å². The smallest absolute Gasteiger partial charge is 0.244 e. The average Bonchev–Trinajstić information content (AvgIpc) is 3.00. The minimum atomic E-state index is -3.18. The standard InChI is InChI=1S/C20H21ClN2O3S/c1-15(17-6-8-18(21)9-7-17)22-20(24)12-5-16-3-10-19(11-4-16)23-13-2-14-27(23,25)26/h3-12,15H,2,13-14H2,1H3,(H,22,24)/b12-5+. The van der Waals surface area contributed by atoms with Crippen molar-refractivity contribution in [2.45, 2.75) is 19.4 Å². The Morgan fingerprint density at radius 3 is 2.41 bits per heavy atom. The molecule has 1 heterocycles. The van der Waals surface area contributed by atoms with Gasteiger partial charge in [0.2, 0.25) is 15.9 Å². The van der Waals surface area contributed by atoms with E-state index in [0.717, 1.165) is 11.1 Å². The van der Waals surface area contributed by atoms with Crippen LogP contribution < -0.4 is 9.62 Å². The lowest BCUT2D eigenvalue weighted by molar-refractivity contribution is -0.117. The molecule has 2 aromatic rings. The molecule has 1 unspecified atom stereocenters. The van der Waals surface area contributed by atoms with Gasteiger partial charge in [0.05, 0.1) is 17.5 Å². The molecule has 1 aliphatic heterocycles. The van der Waals surface area contributed by atoms with Gasteiger partial charge in [0.15, 0.2) is 0 Å². The number of nitrogens with zero attached hydrogens (tertiary/aromatic N) is 1. The molecule has 1 fully saturated rings. The van der Waals surface area contributed by atoms with Gasteiger partial charge in [0.1, 0.15) is 0 Å². The molecule has 2 aromatic carbocycles. The number of amides is 1. The summed E-state index contributed by atoms with van der Waals surface area (Å²) in [6.07, 6.45) is 3.82. The normalized spacial score (nSPS) is 17.2. The molecule has 3 rings (SSSR count). The molecular formula is C20H21ClN2O3S. The van der Waals surface area contributed by atoms with Crippen molar-refractivity contribution in [2.24, 2.45) is 0 Å². The third kappa shape index (κ3) is 4.90. The van der Waals surface area contributed by atoms with Crippen molar-refractivity contribution in [1.29, 1.82) is 0 Å². The van der Waals surface area contributed by atoms with E-state index in [1.54, 1.807) is 42.5 Å². The summed E-state index contributed by atoms with van der Waals surface area (Å²) in [5, 5.41) is 3.55. The van der Waals surface area contributed by atoms with E-state index in [1.807, 2.05) is 19.1 Å². The second-order valence-electron chi connectivity index (χ2n) is 6.45. The van der Waals surface area contributed by atoms with Crippen molar-refractivity contribution in [3.05, 3.63) is 70.8 Å². The molecule has 0 aromatic heterocycles. The van der Waals surface area contributed by atoms with E-state index < -0.39 is 10.0 Å². The van der Waals surface area contributed by atoms with Gasteiger partial charge in [-0.1, -0.05) is 35.9 Å². The van der Waals surface area contributed by atoms with E-state index >= 15 is 0 Å². The molecule has 0 bridgehead atoms. The van der Waals surface area contributed by atoms with Crippen molar-refractivity contribution in [3.63, 3.8) is 0 Å². The van der Waals surface area contributed by atoms with E-state index in [2.05, 4.69) is 5.32 Å². The van der Waals surface area contributed by atoms with Gasteiger partial charge >= 0.3 is 0 Å². The van der Waals surface area contributed by atoms with Crippen LogP contribution in [0.1, 0.15) is 30.5 Å². The highest BCUT2D eigenvalue weighted by molar-refractivity contribution is 7.93. The second-order valence-corrected chi connectivity index (χ2v) is 8.90. The van der Waals surface area contributed by atoms with Crippen LogP contribution in [-0.4, -0.2) is 26.6 Å². The van der Waals surface area contributed by atoms with Gasteiger partial charge < -0.3 is 5.32 Å². The molecule has 142 valence electrons. The zero-order valence-corrected chi connectivity index (χ0v) is 16.5. The number of halogens is 1. The zero-order chi connectivity index (χ0) is 19.4. The minimum Gasteiger partial charge on any atom is -0.346 e. The summed E-state index contributed by atoms with van der Waals surface area (Å²) in [4.78, 5) is 12.1. The van der Waals surface area contributed by atoms with Crippen molar-refractivity contribution in [1.82, 2.24) is 5.32 Å². The van der Waals surface area contributed by atoms with Crippen LogP contribution in [0.5, 0.6) is 0 Å². The summed E-state index contributed by atoms with van der Waals surface area (Å²) in [7, 11) is -3.18. The second kappa shape index (κ2) is 8.15. The number of anilines is 1. The lowest BCUT2D eigenvalue weighted by Crippen LogP contribution is -2.25. The first-order valence-electron chi connectivity index (χ1n) is 8.70. The highest BCUT2D eigenvalue weighted by atomic mass is 35.5. The predicted octanol–water partition coefficient (Wildman–Crippen LogP) is 3.77. The summed E-state index contributed by atoms with van der Waals surface area (Å²) in [6.45, 7) is 2.42. The Morgan fingerprint density at radius 2 is 1.81 bits per heavy atom. The Bertz CT molecular complexity index is 938. The maximum absolute atomic E-state index is 12.1. The molecule has 1 atom stereocenters. The molecule has 0 spiro atoms. The van der Waals surface area contributed by atoms with Gasteiger partial charge in [-0.3, -0.25) is 9.10 Å². The first kappa shape index (κ1) is 19.5. The number of benzene rings is 2. The molecule has 0 saturated carbocycles. The lowest BCUT2D eigenvalue weighted by atomic mass is 10.1. The van der Waals surface area contributed by atoms with Crippen LogP contribution in [0.25, 0.3) is 6.08 Å². The van der Waals surface area contributed by atoms with E-state index in [9.17, 15) is 13.2 Å².